The van der Waals surface area contributed by atoms with Crippen molar-refractivity contribution in [2.24, 2.45) is 11.8 Å². The molecule has 0 bridgehead atoms. The molecule has 1 amide bonds. The number of hydrogen-bond donors (Lipinski definition) is 3. The first-order chi connectivity index (χ1) is 12.3. The highest BCUT2D eigenvalue weighted by atomic mass is 19.4. The normalized spacial score (nSPS) is 33.7. The molecule has 1 aromatic heterocycles. The summed E-state index contributed by atoms with van der Waals surface area (Å²) >= 11 is 0. The minimum Gasteiger partial charge on any atom is -0.341 e. The van der Waals surface area contributed by atoms with Crippen LogP contribution in [0.15, 0.2) is 18.3 Å². The van der Waals surface area contributed by atoms with Gasteiger partial charge in [0.15, 0.2) is 0 Å². The van der Waals surface area contributed by atoms with E-state index in [1.807, 2.05) is 18.9 Å². The van der Waals surface area contributed by atoms with Crippen molar-refractivity contribution in [3.8, 4) is 0 Å². The van der Waals surface area contributed by atoms with E-state index < -0.39 is 11.7 Å². The number of rotatable bonds is 3. The fraction of sp³-hybridized carbons (Fsp3) is 0.647. The zero-order valence-electron chi connectivity index (χ0n) is 14.5. The van der Waals surface area contributed by atoms with Crippen LogP contribution in [0.1, 0.15) is 44.0 Å². The molecule has 4 unspecified atom stereocenters. The van der Waals surface area contributed by atoms with E-state index in [4.69, 9.17) is 0 Å². The first kappa shape index (κ1) is 17.7. The Morgan fingerprint density at radius 1 is 1.31 bits per heavy atom. The van der Waals surface area contributed by atoms with E-state index in [1.54, 1.807) is 0 Å². The van der Waals surface area contributed by atoms with E-state index in [0.717, 1.165) is 25.1 Å². The fourth-order valence-electron chi connectivity index (χ4n) is 3.97. The molecule has 26 heavy (non-hydrogen) atoms. The number of aromatic nitrogens is 1. The van der Waals surface area contributed by atoms with Crippen molar-refractivity contribution in [1.29, 1.82) is 0 Å². The molecule has 1 saturated carbocycles. The van der Waals surface area contributed by atoms with Crippen LogP contribution in [0.25, 0.3) is 0 Å². The quantitative estimate of drug-likeness (QED) is 0.758. The number of fused-ring (bicyclic) bond motifs is 1. The molecule has 9 heteroatoms. The number of nitrogens with one attached hydrogen (secondary N) is 3. The number of nitrogens with zero attached hydrogens (tertiary/aromatic N) is 2. The maximum atomic E-state index is 12.8. The summed E-state index contributed by atoms with van der Waals surface area (Å²) in [5, 5.41) is 8.25. The third-order valence-electron chi connectivity index (χ3n) is 5.50. The van der Waals surface area contributed by atoms with Gasteiger partial charge in [-0.15, -0.1) is 0 Å². The van der Waals surface area contributed by atoms with Gasteiger partial charge >= 0.3 is 6.18 Å². The van der Waals surface area contributed by atoms with Gasteiger partial charge in [-0.2, -0.15) is 13.2 Å². The highest BCUT2D eigenvalue weighted by Crippen LogP contribution is 2.42. The summed E-state index contributed by atoms with van der Waals surface area (Å²) < 4.78 is 38.3. The number of halogens is 3. The fourth-order valence-corrected chi connectivity index (χ4v) is 3.97. The summed E-state index contributed by atoms with van der Waals surface area (Å²) in [5.74, 6) is 0.248. The molecule has 5 atom stereocenters. The third-order valence-corrected chi connectivity index (χ3v) is 5.50. The largest absolute Gasteiger partial charge is 0.417 e. The van der Waals surface area contributed by atoms with E-state index in [2.05, 4.69) is 21.0 Å². The average molecular weight is 369 g/mol. The molecule has 3 fully saturated rings. The molecule has 2 aliphatic heterocycles. The molecule has 0 aromatic carbocycles. The summed E-state index contributed by atoms with van der Waals surface area (Å²) in [6, 6.07) is 2.21. The van der Waals surface area contributed by atoms with Crippen LogP contribution in [0.4, 0.5) is 13.2 Å². The van der Waals surface area contributed by atoms with Crippen LogP contribution >= 0.6 is 0 Å². The van der Waals surface area contributed by atoms with Crippen molar-refractivity contribution in [2.45, 2.75) is 57.3 Å². The van der Waals surface area contributed by atoms with Gasteiger partial charge in [0.05, 0.1) is 35.5 Å². The molecule has 142 valence electrons. The van der Waals surface area contributed by atoms with E-state index in [1.165, 1.54) is 6.07 Å². The zero-order valence-corrected chi connectivity index (χ0v) is 14.5. The van der Waals surface area contributed by atoms with Crippen molar-refractivity contribution < 1.29 is 18.0 Å². The van der Waals surface area contributed by atoms with Gasteiger partial charge in [-0.25, -0.2) is 10.4 Å². The summed E-state index contributed by atoms with van der Waals surface area (Å²) in [6.45, 7) is 3.76. The highest BCUT2D eigenvalue weighted by molar-refractivity contribution is 5.81. The first-order valence-corrected chi connectivity index (χ1v) is 8.90. The van der Waals surface area contributed by atoms with E-state index >= 15 is 0 Å². The van der Waals surface area contributed by atoms with Gasteiger partial charge in [0.2, 0.25) is 5.91 Å². The number of amides is 1. The lowest BCUT2D eigenvalue weighted by Gasteiger charge is -2.37. The Kier molecular flexibility index (Phi) is 4.20. The number of carbonyl (C=O) groups excluding carboxylic acids is 1. The summed E-state index contributed by atoms with van der Waals surface area (Å²) in [6.07, 6.45) is -1.75. The minimum absolute atomic E-state index is 0.0146. The highest BCUT2D eigenvalue weighted by Gasteiger charge is 2.54. The third kappa shape index (κ3) is 3.08. The second kappa shape index (κ2) is 6.17. The molecular weight excluding hydrogens is 347 g/mol. The van der Waals surface area contributed by atoms with Gasteiger partial charge in [-0.05, 0) is 44.7 Å². The zero-order chi connectivity index (χ0) is 18.6. The van der Waals surface area contributed by atoms with Crippen molar-refractivity contribution in [3.63, 3.8) is 0 Å². The van der Waals surface area contributed by atoms with Crippen LogP contribution in [-0.4, -0.2) is 34.3 Å². The minimum atomic E-state index is -4.40. The van der Waals surface area contributed by atoms with Crippen LogP contribution in [0, 0.1) is 11.8 Å². The Hall–Kier alpha value is -1.71. The van der Waals surface area contributed by atoms with Crippen LogP contribution in [-0.2, 0) is 11.0 Å². The Labute approximate surface area is 149 Å². The van der Waals surface area contributed by atoms with Gasteiger partial charge in [0.1, 0.15) is 0 Å². The van der Waals surface area contributed by atoms with Crippen LogP contribution in [0.3, 0.4) is 0 Å². The number of carbonyl (C=O) groups is 1. The number of alkyl halides is 3. The maximum Gasteiger partial charge on any atom is 0.417 e. The SMILES string of the molecule is CC1NC(=O)C2C(C3CC3)NN([C@H](C)c3ccc(C(F)(F)F)cn3)C2N1. The second-order valence-electron chi connectivity index (χ2n) is 7.41. The van der Waals surface area contributed by atoms with Gasteiger partial charge < -0.3 is 5.32 Å². The Balaban J connectivity index is 1.58. The standard InChI is InChI=1S/C17H22F3N5O/c1-8(12-6-5-11(7-21-12)17(18,19)20)25-15-13(14(24-25)10-3-4-10)16(26)23-9(2)22-15/h5-10,13-15,22,24H,3-4H2,1-2H3,(H,23,26)/t8-,9?,13?,14?,15?/m1/s1. The lowest BCUT2D eigenvalue weighted by molar-refractivity contribution is -0.138. The van der Waals surface area contributed by atoms with Crippen LogP contribution in [0.2, 0.25) is 0 Å². The Morgan fingerprint density at radius 3 is 2.62 bits per heavy atom. The molecule has 3 aliphatic rings. The Morgan fingerprint density at radius 2 is 2.04 bits per heavy atom. The van der Waals surface area contributed by atoms with Gasteiger partial charge in [-0.1, -0.05) is 0 Å². The molecule has 3 N–H and O–H groups in total. The summed E-state index contributed by atoms with van der Waals surface area (Å²) in [5.41, 5.74) is 3.20. The van der Waals surface area contributed by atoms with E-state index in [-0.39, 0.29) is 36.2 Å². The summed E-state index contributed by atoms with van der Waals surface area (Å²) in [7, 11) is 0. The van der Waals surface area contributed by atoms with Crippen LogP contribution in [0.5, 0.6) is 0 Å². The molecule has 3 heterocycles. The predicted molar refractivity (Wildman–Crippen MR) is 87.2 cm³/mol. The second-order valence-corrected chi connectivity index (χ2v) is 7.41. The average Bonchev–Trinajstić information content (AvgIpc) is 3.34. The van der Waals surface area contributed by atoms with Gasteiger partial charge in [-0.3, -0.25) is 15.1 Å². The molecular formula is C17H22F3N5O. The molecule has 2 saturated heterocycles. The number of hydrogen-bond acceptors (Lipinski definition) is 5. The molecule has 1 aliphatic carbocycles. The molecule has 4 rings (SSSR count). The monoisotopic (exact) mass is 369 g/mol. The summed E-state index contributed by atoms with van der Waals surface area (Å²) in [4.78, 5) is 16.6. The maximum absolute atomic E-state index is 12.8. The van der Waals surface area contributed by atoms with Crippen molar-refractivity contribution >= 4 is 5.91 Å². The van der Waals surface area contributed by atoms with Gasteiger partial charge in [0, 0.05) is 12.2 Å². The molecule has 6 nitrogen and oxygen atoms in total. The van der Waals surface area contributed by atoms with Gasteiger partial charge in [0.25, 0.3) is 0 Å². The topological polar surface area (TPSA) is 69.3 Å². The lowest BCUT2D eigenvalue weighted by Crippen LogP contribution is -2.63. The van der Waals surface area contributed by atoms with Crippen molar-refractivity contribution in [3.05, 3.63) is 29.6 Å². The van der Waals surface area contributed by atoms with Crippen molar-refractivity contribution in [2.75, 3.05) is 0 Å². The number of hydrazine groups is 1. The number of pyridine rings is 1. The van der Waals surface area contributed by atoms with E-state index in [9.17, 15) is 18.0 Å². The molecule has 1 aromatic rings. The Bertz CT molecular complexity index is 691. The molecule has 0 radical (unpaired) electrons. The molecule has 0 spiro atoms. The lowest BCUT2D eigenvalue weighted by atomic mass is 9.92. The predicted octanol–water partition coefficient (Wildman–Crippen LogP) is 1.77. The first-order valence-electron chi connectivity index (χ1n) is 8.90. The van der Waals surface area contributed by atoms with Crippen LogP contribution < -0.4 is 16.1 Å². The van der Waals surface area contributed by atoms with Crippen molar-refractivity contribution in [1.82, 2.24) is 26.1 Å². The smallest absolute Gasteiger partial charge is 0.341 e. The van der Waals surface area contributed by atoms with E-state index in [0.29, 0.717) is 11.6 Å².